The van der Waals surface area contributed by atoms with Gasteiger partial charge in [-0.2, -0.15) is 5.10 Å². The SMILES string of the molecule is CCc1cc(CC(C)CNC2CC2)n(C)n1. The maximum absolute atomic E-state index is 4.49. The summed E-state index contributed by atoms with van der Waals surface area (Å²) in [6, 6.07) is 3.06. The minimum Gasteiger partial charge on any atom is -0.314 e. The molecule has 0 radical (unpaired) electrons. The molecule has 1 atom stereocenters. The highest BCUT2D eigenvalue weighted by molar-refractivity contribution is 5.10. The van der Waals surface area contributed by atoms with E-state index in [2.05, 4.69) is 37.4 Å². The van der Waals surface area contributed by atoms with Gasteiger partial charge in [-0.3, -0.25) is 4.68 Å². The smallest absolute Gasteiger partial charge is 0.0624 e. The van der Waals surface area contributed by atoms with Crippen LogP contribution in [0, 0.1) is 5.92 Å². The first-order chi connectivity index (χ1) is 7.69. The lowest BCUT2D eigenvalue weighted by Crippen LogP contribution is -2.24. The second-order valence-electron chi connectivity index (χ2n) is 5.10. The number of aromatic nitrogens is 2. The van der Waals surface area contributed by atoms with Gasteiger partial charge >= 0.3 is 0 Å². The molecule has 0 bridgehead atoms. The van der Waals surface area contributed by atoms with Crippen molar-refractivity contribution in [3.63, 3.8) is 0 Å². The molecule has 1 aromatic rings. The standard InChI is InChI=1S/C13H23N3/c1-4-11-8-13(16(3)15-11)7-10(2)9-14-12-5-6-12/h8,10,12,14H,4-7,9H2,1-3H3. The van der Waals surface area contributed by atoms with Crippen molar-refractivity contribution in [3.8, 4) is 0 Å². The number of aryl methyl sites for hydroxylation is 2. The largest absolute Gasteiger partial charge is 0.314 e. The lowest BCUT2D eigenvalue weighted by molar-refractivity contribution is 0.493. The fraction of sp³-hybridized carbons (Fsp3) is 0.769. The van der Waals surface area contributed by atoms with Crippen molar-refractivity contribution in [2.24, 2.45) is 13.0 Å². The van der Waals surface area contributed by atoms with Crippen LogP contribution in [0.5, 0.6) is 0 Å². The zero-order valence-corrected chi connectivity index (χ0v) is 10.7. The molecule has 3 nitrogen and oxygen atoms in total. The van der Waals surface area contributed by atoms with E-state index in [4.69, 9.17) is 0 Å². The molecule has 0 aliphatic heterocycles. The summed E-state index contributed by atoms with van der Waals surface area (Å²) in [5.74, 6) is 0.695. The van der Waals surface area contributed by atoms with E-state index in [9.17, 15) is 0 Å². The maximum Gasteiger partial charge on any atom is 0.0624 e. The Bertz CT molecular complexity index is 339. The topological polar surface area (TPSA) is 29.9 Å². The average Bonchev–Trinajstić information content (AvgIpc) is 3.02. The molecule has 1 unspecified atom stereocenters. The molecule has 1 aromatic heterocycles. The number of rotatable bonds is 6. The third-order valence-corrected chi connectivity index (χ3v) is 3.28. The van der Waals surface area contributed by atoms with E-state index in [1.807, 2.05) is 4.68 Å². The van der Waals surface area contributed by atoms with Crippen molar-refractivity contribution in [1.29, 1.82) is 0 Å². The molecule has 1 aliphatic rings. The fourth-order valence-corrected chi connectivity index (χ4v) is 2.02. The van der Waals surface area contributed by atoms with Gasteiger partial charge in [-0.05, 0) is 44.2 Å². The van der Waals surface area contributed by atoms with Gasteiger partial charge in [0.1, 0.15) is 0 Å². The van der Waals surface area contributed by atoms with Crippen molar-refractivity contribution in [3.05, 3.63) is 17.5 Å². The van der Waals surface area contributed by atoms with Crippen LogP contribution in [-0.2, 0) is 19.9 Å². The third kappa shape index (κ3) is 3.08. The van der Waals surface area contributed by atoms with Gasteiger partial charge < -0.3 is 5.32 Å². The van der Waals surface area contributed by atoms with Crippen LogP contribution in [0.1, 0.15) is 38.1 Å². The van der Waals surface area contributed by atoms with Crippen molar-refractivity contribution < 1.29 is 0 Å². The van der Waals surface area contributed by atoms with Crippen LogP contribution in [0.25, 0.3) is 0 Å². The van der Waals surface area contributed by atoms with Crippen LogP contribution in [-0.4, -0.2) is 22.4 Å². The Kier molecular flexibility index (Phi) is 3.64. The van der Waals surface area contributed by atoms with Gasteiger partial charge in [0, 0.05) is 18.8 Å². The van der Waals surface area contributed by atoms with Gasteiger partial charge in [0.15, 0.2) is 0 Å². The summed E-state index contributed by atoms with van der Waals surface area (Å²) in [4.78, 5) is 0. The van der Waals surface area contributed by atoms with Gasteiger partial charge in [-0.1, -0.05) is 13.8 Å². The van der Waals surface area contributed by atoms with E-state index in [1.165, 1.54) is 24.2 Å². The van der Waals surface area contributed by atoms with Gasteiger partial charge in [0.2, 0.25) is 0 Å². The maximum atomic E-state index is 4.49. The Morgan fingerprint density at radius 1 is 1.56 bits per heavy atom. The monoisotopic (exact) mass is 221 g/mol. The second-order valence-corrected chi connectivity index (χ2v) is 5.10. The van der Waals surface area contributed by atoms with E-state index < -0.39 is 0 Å². The summed E-state index contributed by atoms with van der Waals surface area (Å²) in [7, 11) is 2.05. The van der Waals surface area contributed by atoms with E-state index in [1.54, 1.807) is 0 Å². The van der Waals surface area contributed by atoms with Crippen LogP contribution < -0.4 is 5.32 Å². The first-order valence-electron chi connectivity index (χ1n) is 6.44. The van der Waals surface area contributed by atoms with Crippen LogP contribution in [0.2, 0.25) is 0 Å². The summed E-state index contributed by atoms with van der Waals surface area (Å²) in [6.45, 7) is 5.61. The van der Waals surface area contributed by atoms with E-state index in [0.717, 1.165) is 25.4 Å². The van der Waals surface area contributed by atoms with Crippen molar-refractivity contribution in [1.82, 2.24) is 15.1 Å². The molecule has 2 rings (SSSR count). The van der Waals surface area contributed by atoms with Gasteiger partial charge in [0.05, 0.1) is 5.69 Å². The van der Waals surface area contributed by atoms with Gasteiger partial charge in [-0.25, -0.2) is 0 Å². The van der Waals surface area contributed by atoms with Crippen LogP contribution >= 0.6 is 0 Å². The van der Waals surface area contributed by atoms with Gasteiger partial charge in [0.25, 0.3) is 0 Å². The molecular formula is C13H23N3. The number of hydrogen-bond acceptors (Lipinski definition) is 2. The highest BCUT2D eigenvalue weighted by Gasteiger charge is 2.21. The zero-order chi connectivity index (χ0) is 11.5. The molecular weight excluding hydrogens is 198 g/mol. The molecule has 1 aliphatic carbocycles. The number of nitrogens with zero attached hydrogens (tertiary/aromatic N) is 2. The molecule has 0 spiro atoms. The molecule has 1 saturated carbocycles. The molecule has 0 amide bonds. The molecule has 1 N–H and O–H groups in total. The molecule has 0 saturated heterocycles. The minimum absolute atomic E-state index is 0.695. The zero-order valence-electron chi connectivity index (χ0n) is 10.7. The fourth-order valence-electron chi connectivity index (χ4n) is 2.02. The summed E-state index contributed by atoms with van der Waals surface area (Å²) >= 11 is 0. The Hall–Kier alpha value is -0.830. The highest BCUT2D eigenvalue weighted by Crippen LogP contribution is 2.19. The normalized spacial score (nSPS) is 17.7. The van der Waals surface area contributed by atoms with Crippen molar-refractivity contribution in [2.45, 2.75) is 45.6 Å². The molecule has 1 heterocycles. The molecule has 0 aromatic carbocycles. The van der Waals surface area contributed by atoms with Gasteiger partial charge in [-0.15, -0.1) is 0 Å². The lowest BCUT2D eigenvalue weighted by atomic mass is 10.1. The van der Waals surface area contributed by atoms with Crippen LogP contribution in [0.4, 0.5) is 0 Å². The van der Waals surface area contributed by atoms with Crippen LogP contribution in [0.15, 0.2) is 6.07 Å². The van der Waals surface area contributed by atoms with E-state index >= 15 is 0 Å². The predicted octanol–water partition coefficient (Wildman–Crippen LogP) is 1.91. The number of nitrogens with one attached hydrogen (secondary N) is 1. The first kappa shape index (κ1) is 11.6. The molecule has 3 heteroatoms. The van der Waals surface area contributed by atoms with E-state index in [-0.39, 0.29) is 0 Å². The van der Waals surface area contributed by atoms with Crippen LogP contribution in [0.3, 0.4) is 0 Å². The highest BCUT2D eigenvalue weighted by atomic mass is 15.3. The predicted molar refractivity (Wildman–Crippen MR) is 66.5 cm³/mol. The summed E-state index contributed by atoms with van der Waals surface area (Å²) in [5.41, 5.74) is 2.57. The van der Waals surface area contributed by atoms with Crippen molar-refractivity contribution in [2.75, 3.05) is 6.54 Å². The summed E-state index contributed by atoms with van der Waals surface area (Å²) in [5, 5.41) is 8.07. The summed E-state index contributed by atoms with van der Waals surface area (Å²) < 4.78 is 2.03. The average molecular weight is 221 g/mol. The third-order valence-electron chi connectivity index (χ3n) is 3.28. The quantitative estimate of drug-likeness (QED) is 0.795. The Morgan fingerprint density at radius 3 is 2.88 bits per heavy atom. The lowest BCUT2D eigenvalue weighted by Gasteiger charge is -2.12. The Balaban J connectivity index is 1.83. The minimum atomic E-state index is 0.695. The van der Waals surface area contributed by atoms with Crippen molar-refractivity contribution >= 4 is 0 Å². The second kappa shape index (κ2) is 5.00. The summed E-state index contributed by atoms with van der Waals surface area (Å²) in [6.07, 6.45) is 4.91. The number of hydrogen-bond donors (Lipinski definition) is 1. The molecule has 16 heavy (non-hydrogen) atoms. The molecule has 1 fully saturated rings. The van der Waals surface area contributed by atoms with E-state index in [0.29, 0.717) is 5.92 Å². The Labute approximate surface area is 98.2 Å². The first-order valence-corrected chi connectivity index (χ1v) is 6.44. The molecule has 90 valence electrons. The Morgan fingerprint density at radius 2 is 2.31 bits per heavy atom.